The van der Waals surface area contributed by atoms with Gasteiger partial charge in [0, 0.05) is 23.8 Å². The summed E-state index contributed by atoms with van der Waals surface area (Å²) in [7, 11) is -3.49. The third-order valence-electron chi connectivity index (χ3n) is 4.22. The van der Waals surface area contributed by atoms with Gasteiger partial charge in [-0.25, -0.2) is 22.8 Å². The van der Waals surface area contributed by atoms with E-state index in [0.29, 0.717) is 13.0 Å². The fourth-order valence-electron chi connectivity index (χ4n) is 2.84. The SMILES string of the molecule is Cc1nn(-c2ccccn2)c(C)c1CCNS(=O)(=O)C=Cc1ccccc1. The van der Waals surface area contributed by atoms with E-state index in [1.54, 1.807) is 17.0 Å². The minimum atomic E-state index is -3.49. The predicted molar refractivity (Wildman–Crippen MR) is 107 cm³/mol. The fraction of sp³-hybridized carbons (Fsp3) is 0.200. The minimum absolute atomic E-state index is 0.303. The molecule has 0 aliphatic carbocycles. The van der Waals surface area contributed by atoms with Crippen LogP contribution in [0, 0.1) is 13.8 Å². The molecule has 0 saturated carbocycles. The Morgan fingerprint density at radius 2 is 1.81 bits per heavy atom. The second kappa shape index (κ2) is 8.28. The molecule has 3 aromatic rings. The van der Waals surface area contributed by atoms with Gasteiger partial charge < -0.3 is 0 Å². The molecule has 1 aromatic carbocycles. The van der Waals surface area contributed by atoms with Crippen LogP contribution in [0.25, 0.3) is 11.9 Å². The minimum Gasteiger partial charge on any atom is -0.237 e. The van der Waals surface area contributed by atoms with Crippen molar-refractivity contribution in [1.82, 2.24) is 19.5 Å². The first-order valence-corrected chi connectivity index (χ1v) is 10.2. The van der Waals surface area contributed by atoms with Gasteiger partial charge in [0.25, 0.3) is 0 Å². The summed E-state index contributed by atoms with van der Waals surface area (Å²) in [4.78, 5) is 4.32. The smallest absolute Gasteiger partial charge is 0.233 e. The van der Waals surface area contributed by atoms with Crippen LogP contribution in [0.2, 0.25) is 0 Å². The van der Waals surface area contributed by atoms with Crippen molar-refractivity contribution in [1.29, 1.82) is 0 Å². The van der Waals surface area contributed by atoms with Crippen molar-refractivity contribution in [2.45, 2.75) is 20.3 Å². The number of pyridine rings is 1. The molecule has 0 radical (unpaired) electrons. The van der Waals surface area contributed by atoms with E-state index in [2.05, 4.69) is 14.8 Å². The maximum absolute atomic E-state index is 12.2. The van der Waals surface area contributed by atoms with Crippen molar-refractivity contribution in [3.8, 4) is 5.82 Å². The molecule has 0 atom stereocenters. The van der Waals surface area contributed by atoms with E-state index in [4.69, 9.17) is 0 Å². The normalized spacial score (nSPS) is 11.9. The van der Waals surface area contributed by atoms with E-state index in [0.717, 1.165) is 28.3 Å². The molecule has 27 heavy (non-hydrogen) atoms. The van der Waals surface area contributed by atoms with Gasteiger partial charge in [0.05, 0.1) is 5.69 Å². The summed E-state index contributed by atoms with van der Waals surface area (Å²) >= 11 is 0. The first kappa shape index (κ1) is 19.0. The number of rotatable bonds is 7. The molecule has 0 saturated heterocycles. The zero-order valence-electron chi connectivity index (χ0n) is 15.3. The van der Waals surface area contributed by atoms with Gasteiger partial charge in [0.2, 0.25) is 10.0 Å². The number of nitrogens with one attached hydrogen (secondary N) is 1. The molecular formula is C20H22N4O2S. The van der Waals surface area contributed by atoms with Gasteiger partial charge in [-0.15, -0.1) is 0 Å². The van der Waals surface area contributed by atoms with Crippen LogP contribution in [-0.2, 0) is 16.4 Å². The van der Waals surface area contributed by atoms with Gasteiger partial charge in [-0.2, -0.15) is 5.10 Å². The van der Waals surface area contributed by atoms with Gasteiger partial charge in [-0.05, 0) is 49.6 Å². The van der Waals surface area contributed by atoms with E-state index in [9.17, 15) is 8.42 Å². The second-order valence-corrected chi connectivity index (χ2v) is 7.80. The maximum atomic E-state index is 12.2. The van der Waals surface area contributed by atoms with E-state index < -0.39 is 10.0 Å². The number of nitrogens with zero attached hydrogens (tertiary/aromatic N) is 3. The van der Waals surface area contributed by atoms with Gasteiger partial charge in [0.1, 0.15) is 0 Å². The van der Waals surface area contributed by atoms with E-state index in [1.165, 1.54) is 5.41 Å². The number of aromatic nitrogens is 3. The van der Waals surface area contributed by atoms with E-state index >= 15 is 0 Å². The number of hydrogen-bond acceptors (Lipinski definition) is 4. The number of benzene rings is 1. The average Bonchev–Trinajstić information content (AvgIpc) is 2.96. The summed E-state index contributed by atoms with van der Waals surface area (Å²) in [6.45, 7) is 4.19. The summed E-state index contributed by atoms with van der Waals surface area (Å²) in [5, 5.41) is 5.73. The third-order valence-corrected chi connectivity index (χ3v) is 5.33. The molecule has 3 rings (SSSR count). The molecule has 7 heteroatoms. The zero-order chi connectivity index (χ0) is 19.3. The van der Waals surface area contributed by atoms with E-state index in [1.807, 2.05) is 62.4 Å². The molecule has 2 heterocycles. The van der Waals surface area contributed by atoms with Crippen molar-refractivity contribution in [3.05, 3.63) is 82.7 Å². The van der Waals surface area contributed by atoms with Crippen LogP contribution in [0.5, 0.6) is 0 Å². The molecule has 0 amide bonds. The zero-order valence-corrected chi connectivity index (χ0v) is 16.1. The van der Waals surface area contributed by atoms with Crippen LogP contribution in [0.4, 0.5) is 0 Å². The lowest BCUT2D eigenvalue weighted by Gasteiger charge is -2.05. The van der Waals surface area contributed by atoms with Crippen LogP contribution in [0.15, 0.2) is 60.1 Å². The Hall–Kier alpha value is -2.77. The molecule has 0 bridgehead atoms. The Bertz CT molecular complexity index is 1030. The standard InChI is InChI=1S/C20H22N4O2S/c1-16-19(17(2)24(23-16)20-10-6-7-13-21-20)11-14-22-27(25,26)15-12-18-8-4-3-5-9-18/h3-10,12-13,15,22H,11,14H2,1-2H3. The Balaban J connectivity index is 1.65. The van der Waals surface area contributed by atoms with Crippen LogP contribution in [0.3, 0.4) is 0 Å². The Labute approximate surface area is 159 Å². The van der Waals surface area contributed by atoms with Crippen molar-refractivity contribution < 1.29 is 8.42 Å². The Kier molecular flexibility index (Phi) is 5.83. The molecular weight excluding hydrogens is 360 g/mol. The van der Waals surface area contributed by atoms with Crippen molar-refractivity contribution >= 4 is 16.1 Å². The summed E-state index contributed by atoms with van der Waals surface area (Å²) in [5.74, 6) is 0.746. The maximum Gasteiger partial charge on any atom is 0.233 e. The van der Waals surface area contributed by atoms with Gasteiger partial charge in [-0.3, -0.25) is 0 Å². The number of aryl methyl sites for hydroxylation is 1. The highest BCUT2D eigenvalue weighted by Crippen LogP contribution is 2.17. The largest absolute Gasteiger partial charge is 0.237 e. The third kappa shape index (κ3) is 4.90. The van der Waals surface area contributed by atoms with Gasteiger partial charge in [0.15, 0.2) is 5.82 Å². The second-order valence-electron chi connectivity index (χ2n) is 6.15. The van der Waals surface area contributed by atoms with Gasteiger partial charge in [-0.1, -0.05) is 36.4 Å². The fourth-order valence-corrected chi connectivity index (χ4v) is 3.66. The van der Waals surface area contributed by atoms with Crippen LogP contribution >= 0.6 is 0 Å². The van der Waals surface area contributed by atoms with Gasteiger partial charge >= 0.3 is 0 Å². The van der Waals surface area contributed by atoms with Crippen molar-refractivity contribution in [3.63, 3.8) is 0 Å². The molecule has 6 nitrogen and oxygen atoms in total. The highest BCUT2D eigenvalue weighted by molar-refractivity contribution is 7.92. The van der Waals surface area contributed by atoms with Crippen LogP contribution < -0.4 is 4.72 Å². The Morgan fingerprint density at radius 3 is 2.52 bits per heavy atom. The monoisotopic (exact) mass is 382 g/mol. The molecule has 0 unspecified atom stereocenters. The quantitative estimate of drug-likeness (QED) is 0.681. The van der Waals surface area contributed by atoms with Crippen LogP contribution in [-0.4, -0.2) is 29.7 Å². The number of hydrogen-bond donors (Lipinski definition) is 1. The first-order valence-electron chi connectivity index (χ1n) is 8.65. The summed E-state index contributed by atoms with van der Waals surface area (Å²) in [6, 6.07) is 15.0. The van der Waals surface area contributed by atoms with Crippen LogP contribution in [0.1, 0.15) is 22.5 Å². The Morgan fingerprint density at radius 1 is 1.07 bits per heavy atom. The lowest BCUT2D eigenvalue weighted by molar-refractivity contribution is 0.591. The van der Waals surface area contributed by atoms with E-state index in [-0.39, 0.29) is 0 Å². The first-order chi connectivity index (χ1) is 13.0. The summed E-state index contributed by atoms with van der Waals surface area (Å²) in [5.41, 5.74) is 3.70. The molecule has 1 N–H and O–H groups in total. The molecule has 2 aromatic heterocycles. The average molecular weight is 382 g/mol. The predicted octanol–water partition coefficient (Wildman–Crippen LogP) is 3.02. The molecule has 140 valence electrons. The highest BCUT2D eigenvalue weighted by Gasteiger charge is 2.14. The van der Waals surface area contributed by atoms with Crippen molar-refractivity contribution in [2.24, 2.45) is 0 Å². The molecule has 0 aliphatic rings. The molecule has 0 spiro atoms. The molecule has 0 aliphatic heterocycles. The number of sulfonamides is 1. The topological polar surface area (TPSA) is 76.9 Å². The van der Waals surface area contributed by atoms with Crippen molar-refractivity contribution in [2.75, 3.05) is 6.54 Å². The lowest BCUT2D eigenvalue weighted by atomic mass is 10.1. The summed E-state index contributed by atoms with van der Waals surface area (Å²) in [6.07, 6.45) is 3.86. The lowest BCUT2D eigenvalue weighted by Crippen LogP contribution is -2.24. The highest BCUT2D eigenvalue weighted by atomic mass is 32.2. The summed E-state index contributed by atoms with van der Waals surface area (Å²) < 4.78 is 28.7. The molecule has 0 fully saturated rings.